The van der Waals surface area contributed by atoms with E-state index in [-0.39, 0.29) is 12.3 Å². The molecule has 2 aromatic heterocycles. The number of para-hydroxylation sites is 1. The van der Waals surface area contributed by atoms with Gasteiger partial charge in [-0.05, 0) is 11.0 Å². The van der Waals surface area contributed by atoms with Gasteiger partial charge < -0.3 is 19.6 Å². The molecule has 0 aliphatic rings. The van der Waals surface area contributed by atoms with E-state index in [0.717, 1.165) is 0 Å². The second kappa shape index (κ2) is 4.71. The first-order valence-electron chi connectivity index (χ1n) is 5.84. The second-order valence-corrected chi connectivity index (χ2v) is 4.21. The van der Waals surface area contributed by atoms with Gasteiger partial charge >= 0.3 is 11.9 Å². The van der Waals surface area contributed by atoms with E-state index in [1.807, 2.05) is 0 Å². The highest BCUT2D eigenvalue weighted by molar-refractivity contribution is 5.95. The molecule has 0 bridgehead atoms. The van der Waals surface area contributed by atoms with Gasteiger partial charge in [0.25, 0.3) is 0 Å². The average Bonchev–Trinajstić information content (AvgIpc) is 3.05. The van der Waals surface area contributed by atoms with Crippen LogP contribution in [0, 0.1) is 10.1 Å². The van der Waals surface area contributed by atoms with E-state index >= 15 is 0 Å². The highest BCUT2D eigenvalue weighted by atomic mass is 16.6. The van der Waals surface area contributed by atoms with Crippen molar-refractivity contribution in [2.24, 2.45) is 0 Å². The maximum atomic E-state index is 11.2. The molecule has 0 aliphatic heterocycles. The molecule has 0 radical (unpaired) electrons. The zero-order chi connectivity index (χ0) is 15.0. The van der Waals surface area contributed by atoms with E-state index in [1.54, 1.807) is 24.3 Å². The molecule has 0 fully saturated rings. The number of carbonyl (C=O) groups is 1. The topological polar surface area (TPSA) is 124 Å². The summed E-state index contributed by atoms with van der Waals surface area (Å²) >= 11 is 0. The number of nitro groups is 1. The van der Waals surface area contributed by atoms with Crippen LogP contribution in [0.5, 0.6) is 0 Å². The van der Waals surface area contributed by atoms with E-state index in [1.165, 1.54) is 11.0 Å². The van der Waals surface area contributed by atoms with Crippen molar-refractivity contribution in [1.82, 2.24) is 14.8 Å². The number of carboxylic acids is 1. The Labute approximate surface area is 116 Å². The third-order valence-corrected chi connectivity index (χ3v) is 2.90. The lowest BCUT2D eigenvalue weighted by Gasteiger charge is -1.97. The Bertz CT molecular complexity index is 850. The summed E-state index contributed by atoms with van der Waals surface area (Å²) in [6.07, 6.45) is 1.17. The van der Waals surface area contributed by atoms with Gasteiger partial charge in [0.15, 0.2) is 0 Å². The summed E-state index contributed by atoms with van der Waals surface area (Å²) in [7, 11) is 0. The molecule has 9 nitrogen and oxygen atoms in total. The summed E-state index contributed by atoms with van der Waals surface area (Å²) in [5.74, 6) is -1.97. The minimum absolute atomic E-state index is 0.0134. The van der Waals surface area contributed by atoms with Crippen molar-refractivity contribution < 1.29 is 19.2 Å². The molecule has 9 heteroatoms. The van der Waals surface area contributed by atoms with Gasteiger partial charge in [-0.2, -0.15) is 4.68 Å². The van der Waals surface area contributed by atoms with E-state index in [0.29, 0.717) is 16.5 Å². The largest absolute Gasteiger partial charge is 0.490 e. The van der Waals surface area contributed by atoms with Crippen LogP contribution in [-0.2, 0) is 6.54 Å². The predicted octanol–water partition coefficient (Wildman–Crippen LogP) is 1.68. The number of hydrogen-bond acceptors (Lipinski definition) is 6. The molecular formula is C12H8N4O5. The first-order chi connectivity index (χ1) is 10.1. The van der Waals surface area contributed by atoms with Gasteiger partial charge in [-0.1, -0.05) is 23.2 Å². The number of aromatic carboxylic acids is 1. The van der Waals surface area contributed by atoms with Crippen LogP contribution < -0.4 is 0 Å². The highest BCUT2D eigenvalue weighted by Crippen LogP contribution is 2.26. The lowest BCUT2D eigenvalue weighted by molar-refractivity contribution is -0.394. The normalized spacial score (nSPS) is 10.9. The molecule has 1 aromatic carbocycles. The molecule has 0 unspecified atom stereocenters. The van der Waals surface area contributed by atoms with Crippen molar-refractivity contribution in [3.8, 4) is 0 Å². The van der Waals surface area contributed by atoms with Crippen LogP contribution in [-0.4, -0.2) is 30.8 Å². The van der Waals surface area contributed by atoms with Crippen molar-refractivity contribution in [2.45, 2.75) is 6.54 Å². The van der Waals surface area contributed by atoms with Gasteiger partial charge in [0.1, 0.15) is 5.58 Å². The molecule has 0 saturated heterocycles. The number of fused-ring (bicyclic) bond motifs is 1. The van der Waals surface area contributed by atoms with E-state index < -0.39 is 16.8 Å². The standard InChI is InChI=1S/C12H8N4O5/c17-11(18)10-8(7-3-1-2-4-9(7)21-10)5-15-6-13-12(14-15)16(19)20/h1-4,6H,5H2,(H,17,18). The fourth-order valence-electron chi connectivity index (χ4n) is 2.04. The monoisotopic (exact) mass is 288 g/mol. The molecule has 3 rings (SSSR count). The average molecular weight is 288 g/mol. The Morgan fingerprint density at radius 3 is 2.86 bits per heavy atom. The number of furan rings is 1. The number of rotatable bonds is 4. The lowest BCUT2D eigenvalue weighted by Crippen LogP contribution is -2.06. The third kappa shape index (κ3) is 2.20. The van der Waals surface area contributed by atoms with Gasteiger partial charge in [0.05, 0.1) is 6.54 Å². The summed E-state index contributed by atoms with van der Waals surface area (Å²) in [4.78, 5) is 24.6. The number of nitrogens with zero attached hydrogens (tertiary/aromatic N) is 4. The molecule has 0 aliphatic carbocycles. The van der Waals surface area contributed by atoms with Crippen LogP contribution in [0.25, 0.3) is 11.0 Å². The van der Waals surface area contributed by atoms with Crippen molar-refractivity contribution in [3.05, 3.63) is 52.0 Å². The van der Waals surface area contributed by atoms with Crippen LogP contribution in [0.2, 0.25) is 0 Å². The minimum Gasteiger partial charge on any atom is -0.475 e. The van der Waals surface area contributed by atoms with Gasteiger partial charge in [-0.3, -0.25) is 0 Å². The van der Waals surface area contributed by atoms with E-state index in [9.17, 15) is 20.0 Å². The molecular weight excluding hydrogens is 280 g/mol. The number of aromatic nitrogens is 3. The van der Waals surface area contributed by atoms with Crippen LogP contribution in [0.4, 0.5) is 5.95 Å². The van der Waals surface area contributed by atoms with Crippen molar-refractivity contribution in [1.29, 1.82) is 0 Å². The Kier molecular flexibility index (Phi) is 2.87. The van der Waals surface area contributed by atoms with Crippen molar-refractivity contribution in [2.75, 3.05) is 0 Å². The Morgan fingerprint density at radius 1 is 1.43 bits per heavy atom. The number of benzene rings is 1. The zero-order valence-electron chi connectivity index (χ0n) is 10.5. The van der Waals surface area contributed by atoms with E-state index in [4.69, 9.17) is 4.42 Å². The van der Waals surface area contributed by atoms with Crippen molar-refractivity contribution in [3.63, 3.8) is 0 Å². The highest BCUT2D eigenvalue weighted by Gasteiger charge is 2.22. The molecule has 0 saturated carbocycles. The van der Waals surface area contributed by atoms with Gasteiger partial charge in [-0.25, -0.2) is 4.79 Å². The SMILES string of the molecule is O=C(O)c1oc2ccccc2c1Cn1cnc([N+](=O)[O-])n1. The smallest absolute Gasteiger partial charge is 0.475 e. The predicted molar refractivity (Wildman–Crippen MR) is 69.0 cm³/mol. The summed E-state index contributed by atoms with van der Waals surface area (Å²) in [5.41, 5.74) is 0.817. The van der Waals surface area contributed by atoms with Gasteiger partial charge in [0.2, 0.25) is 12.1 Å². The van der Waals surface area contributed by atoms with Crippen LogP contribution in [0.3, 0.4) is 0 Å². The number of hydrogen-bond donors (Lipinski definition) is 1. The van der Waals surface area contributed by atoms with Crippen molar-refractivity contribution >= 4 is 22.9 Å². The summed E-state index contributed by atoms with van der Waals surface area (Å²) in [6.45, 7) is 0.0134. The Morgan fingerprint density at radius 2 is 2.19 bits per heavy atom. The summed E-state index contributed by atoms with van der Waals surface area (Å²) in [5, 5.41) is 24.0. The second-order valence-electron chi connectivity index (χ2n) is 4.21. The molecule has 0 spiro atoms. The minimum atomic E-state index is -1.21. The Balaban J connectivity index is 2.07. The summed E-state index contributed by atoms with van der Waals surface area (Å²) < 4.78 is 6.49. The van der Waals surface area contributed by atoms with Crippen LogP contribution in [0.1, 0.15) is 16.1 Å². The molecule has 0 amide bonds. The number of carboxylic acid groups (broad SMARTS) is 1. The molecule has 21 heavy (non-hydrogen) atoms. The van der Waals surface area contributed by atoms with Gasteiger partial charge in [-0.15, -0.1) is 0 Å². The molecule has 106 valence electrons. The molecule has 3 aromatic rings. The zero-order valence-corrected chi connectivity index (χ0v) is 10.5. The van der Waals surface area contributed by atoms with Crippen LogP contribution >= 0.6 is 0 Å². The maximum absolute atomic E-state index is 11.2. The lowest BCUT2D eigenvalue weighted by atomic mass is 10.1. The summed E-state index contributed by atoms with van der Waals surface area (Å²) in [6, 6.07) is 6.83. The third-order valence-electron chi connectivity index (χ3n) is 2.90. The first-order valence-corrected chi connectivity index (χ1v) is 5.84. The Hall–Kier alpha value is -3.23. The first kappa shape index (κ1) is 12.8. The van der Waals surface area contributed by atoms with Crippen LogP contribution in [0.15, 0.2) is 35.0 Å². The molecule has 1 N–H and O–H groups in total. The fraction of sp³-hybridized carbons (Fsp3) is 0.0833. The van der Waals surface area contributed by atoms with E-state index in [2.05, 4.69) is 10.1 Å². The molecule has 2 heterocycles. The van der Waals surface area contributed by atoms with Gasteiger partial charge in [0, 0.05) is 16.0 Å². The fourth-order valence-corrected chi connectivity index (χ4v) is 2.04. The molecule has 0 atom stereocenters. The maximum Gasteiger partial charge on any atom is 0.490 e. The quantitative estimate of drug-likeness (QED) is 0.571.